The van der Waals surface area contributed by atoms with Crippen molar-refractivity contribution in [3.05, 3.63) is 40.6 Å². The minimum atomic E-state index is -3.84. The lowest BCUT2D eigenvalue weighted by atomic mass is 10.3. The molecule has 9 heteroatoms. The third-order valence-corrected chi connectivity index (χ3v) is 4.29. The quantitative estimate of drug-likeness (QED) is 0.779. The number of aromatic nitrogens is 2. The van der Waals surface area contributed by atoms with E-state index in [4.69, 9.17) is 8.94 Å². The van der Waals surface area contributed by atoms with Crippen molar-refractivity contribution in [3.63, 3.8) is 0 Å². The highest BCUT2D eigenvalue weighted by molar-refractivity contribution is 7.92. The number of aryl methyl sites for hydroxylation is 2. The Bertz CT molecular complexity index is 980. The molecule has 2 aromatic heterocycles. The minimum Gasteiger partial charge on any atom is -0.408 e. The standard InChI is InChI=1S/C12H11N3O5S/c1-7-5-11(13-20-7)14-21(17,18)8-3-4-9-10(6-8)19-12(16)15(9)2/h3-6H,1-2H3,(H,13,14). The second-order valence-corrected chi connectivity index (χ2v) is 6.17. The molecule has 0 bridgehead atoms. The van der Waals surface area contributed by atoms with Crippen LogP contribution in [-0.4, -0.2) is 18.1 Å². The first-order valence-corrected chi connectivity index (χ1v) is 7.41. The fourth-order valence-electron chi connectivity index (χ4n) is 1.89. The zero-order chi connectivity index (χ0) is 15.2. The summed E-state index contributed by atoms with van der Waals surface area (Å²) in [5.74, 6) is 0.0129. The molecule has 0 saturated carbocycles. The highest BCUT2D eigenvalue weighted by atomic mass is 32.2. The Hall–Kier alpha value is -2.55. The van der Waals surface area contributed by atoms with Crippen molar-refractivity contribution in [1.82, 2.24) is 9.72 Å². The van der Waals surface area contributed by atoms with Crippen LogP contribution in [-0.2, 0) is 17.1 Å². The average molecular weight is 309 g/mol. The van der Waals surface area contributed by atoms with Crippen LogP contribution in [0.3, 0.4) is 0 Å². The number of oxazole rings is 1. The van der Waals surface area contributed by atoms with Crippen LogP contribution in [0.15, 0.2) is 42.9 Å². The monoisotopic (exact) mass is 309 g/mol. The number of hydrogen-bond acceptors (Lipinski definition) is 6. The summed E-state index contributed by atoms with van der Waals surface area (Å²) in [5, 5.41) is 3.56. The van der Waals surface area contributed by atoms with Crippen LogP contribution >= 0.6 is 0 Å². The fraction of sp³-hybridized carbons (Fsp3) is 0.167. The minimum absolute atomic E-state index is 0.0370. The average Bonchev–Trinajstić information content (AvgIpc) is 2.93. The smallest absolute Gasteiger partial charge is 0.408 e. The van der Waals surface area contributed by atoms with E-state index in [1.54, 1.807) is 14.0 Å². The van der Waals surface area contributed by atoms with Crippen molar-refractivity contribution in [2.24, 2.45) is 7.05 Å². The normalized spacial score (nSPS) is 11.9. The number of sulfonamides is 1. The van der Waals surface area contributed by atoms with Crippen LogP contribution in [0.25, 0.3) is 11.1 Å². The molecule has 0 amide bonds. The van der Waals surface area contributed by atoms with Gasteiger partial charge in [-0.2, -0.15) is 0 Å². The molecule has 3 aromatic rings. The number of nitrogens with one attached hydrogen (secondary N) is 1. The molecule has 0 aliphatic rings. The lowest BCUT2D eigenvalue weighted by Crippen LogP contribution is -2.13. The van der Waals surface area contributed by atoms with E-state index in [1.807, 2.05) is 0 Å². The lowest BCUT2D eigenvalue weighted by molar-refractivity contribution is 0.400. The summed E-state index contributed by atoms with van der Waals surface area (Å²) < 4.78 is 37.8. The highest BCUT2D eigenvalue weighted by Crippen LogP contribution is 2.20. The maximum absolute atomic E-state index is 12.2. The molecule has 0 aliphatic heterocycles. The summed E-state index contributed by atoms with van der Waals surface area (Å²) in [6.45, 7) is 1.65. The van der Waals surface area contributed by atoms with Gasteiger partial charge in [0.25, 0.3) is 10.0 Å². The Kier molecular flexibility index (Phi) is 2.87. The summed E-state index contributed by atoms with van der Waals surface area (Å²) in [6, 6.07) is 5.63. The number of hydrogen-bond donors (Lipinski definition) is 1. The Morgan fingerprint density at radius 3 is 2.71 bits per heavy atom. The van der Waals surface area contributed by atoms with Gasteiger partial charge in [-0.1, -0.05) is 5.16 Å². The fourth-order valence-corrected chi connectivity index (χ4v) is 2.89. The van der Waals surface area contributed by atoms with Gasteiger partial charge in [0.05, 0.1) is 10.4 Å². The van der Waals surface area contributed by atoms with Gasteiger partial charge in [0.15, 0.2) is 11.4 Å². The maximum atomic E-state index is 12.2. The molecule has 0 saturated heterocycles. The van der Waals surface area contributed by atoms with Gasteiger partial charge >= 0.3 is 5.76 Å². The van der Waals surface area contributed by atoms with E-state index >= 15 is 0 Å². The summed E-state index contributed by atoms with van der Waals surface area (Å²) in [5.41, 5.74) is 0.706. The highest BCUT2D eigenvalue weighted by Gasteiger charge is 2.18. The molecule has 8 nitrogen and oxygen atoms in total. The van der Waals surface area contributed by atoms with Gasteiger partial charge in [-0.15, -0.1) is 0 Å². The Labute approximate surface area is 119 Å². The first-order chi connectivity index (χ1) is 9.87. The van der Waals surface area contributed by atoms with E-state index in [0.29, 0.717) is 11.3 Å². The first-order valence-electron chi connectivity index (χ1n) is 5.92. The number of nitrogens with zero attached hydrogens (tertiary/aromatic N) is 2. The molecule has 0 radical (unpaired) electrons. The van der Waals surface area contributed by atoms with E-state index in [9.17, 15) is 13.2 Å². The van der Waals surface area contributed by atoms with Gasteiger partial charge in [-0.05, 0) is 19.1 Å². The van der Waals surface area contributed by atoms with E-state index < -0.39 is 15.8 Å². The molecule has 1 N–H and O–H groups in total. The zero-order valence-corrected chi connectivity index (χ0v) is 12.0. The summed E-state index contributed by atoms with van der Waals surface area (Å²) in [4.78, 5) is 11.4. The molecule has 0 atom stereocenters. The molecule has 1 aromatic carbocycles. The Balaban J connectivity index is 2.04. The molecule has 2 heterocycles. The van der Waals surface area contributed by atoms with Gasteiger partial charge in [0.1, 0.15) is 5.76 Å². The molecular formula is C12H11N3O5S. The third kappa shape index (κ3) is 2.31. The number of anilines is 1. The van der Waals surface area contributed by atoms with Crippen LogP contribution in [0, 0.1) is 6.92 Å². The molecule has 0 aliphatic carbocycles. The van der Waals surface area contributed by atoms with Crippen molar-refractivity contribution in [2.45, 2.75) is 11.8 Å². The van der Waals surface area contributed by atoms with Gasteiger partial charge in [0, 0.05) is 19.2 Å². The number of benzene rings is 1. The predicted molar refractivity (Wildman–Crippen MR) is 73.5 cm³/mol. The first kappa shape index (κ1) is 13.4. The van der Waals surface area contributed by atoms with Crippen LogP contribution in [0.4, 0.5) is 5.82 Å². The second-order valence-electron chi connectivity index (χ2n) is 4.48. The van der Waals surface area contributed by atoms with Crippen molar-refractivity contribution in [3.8, 4) is 0 Å². The zero-order valence-electron chi connectivity index (χ0n) is 11.2. The van der Waals surface area contributed by atoms with Crippen molar-refractivity contribution < 1.29 is 17.4 Å². The molecular weight excluding hydrogens is 298 g/mol. The topological polar surface area (TPSA) is 107 Å². The van der Waals surface area contributed by atoms with Crippen molar-refractivity contribution in [2.75, 3.05) is 4.72 Å². The van der Waals surface area contributed by atoms with E-state index in [1.165, 1.54) is 28.8 Å². The van der Waals surface area contributed by atoms with Crippen LogP contribution in [0.5, 0.6) is 0 Å². The van der Waals surface area contributed by atoms with Gasteiger partial charge < -0.3 is 8.94 Å². The maximum Gasteiger partial charge on any atom is 0.419 e. The SMILES string of the molecule is Cc1cc(NS(=O)(=O)c2ccc3c(c2)oc(=O)n3C)no1. The van der Waals surface area contributed by atoms with Crippen LogP contribution < -0.4 is 10.5 Å². The van der Waals surface area contributed by atoms with Crippen LogP contribution in [0.1, 0.15) is 5.76 Å². The molecule has 110 valence electrons. The van der Waals surface area contributed by atoms with Gasteiger partial charge in [-0.25, -0.2) is 13.2 Å². The number of rotatable bonds is 3. The van der Waals surface area contributed by atoms with Crippen molar-refractivity contribution in [1.29, 1.82) is 0 Å². The predicted octanol–water partition coefficient (Wildman–Crippen LogP) is 1.23. The van der Waals surface area contributed by atoms with E-state index in [2.05, 4.69) is 9.88 Å². The van der Waals surface area contributed by atoms with Crippen LogP contribution in [0.2, 0.25) is 0 Å². The van der Waals surface area contributed by atoms with E-state index in [-0.39, 0.29) is 16.3 Å². The molecule has 21 heavy (non-hydrogen) atoms. The Morgan fingerprint density at radius 1 is 1.29 bits per heavy atom. The van der Waals surface area contributed by atoms with Gasteiger partial charge in [0.2, 0.25) is 0 Å². The van der Waals surface area contributed by atoms with Gasteiger partial charge in [-0.3, -0.25) is 9.29 Å². The molecule has 0 fully saturated rings. The third-order valence-electron chi connectivity index (χ3n) is 2.94. The van der Waals surface area contributed by atoms with Crippen molar-refractivity contribution >= 4 is 26.9 Å². The molecule has 0 spiro atoms. The number of fused-ring (bicyclic) bond motifs is 1. The molecule has 3 rings (SSSR count). The van der Waals surface area contributed by atoms with E-state index in [0.717, 1.165) is 0 Å². The molecule has 0 unspecified atom stereocenters. The summed E-state index contributed by atoms with van der Waals surface area (Å²) in [6.07, 6.45) is 0. The summed E-state index contributed by atoms with van der Waals surface area (Å²) in [7, 11) is -2.30. The Morgan fingerprint density at radius 2 is 2.05 bits per heavy atom. The largest absolute Gasteiger partial charge is 0.419 e. The second kappa shape index (κ2) is 4.48. The summed E-state index contributed by atoms with van der Waals surface area (Å²) >= 11 is 0. The lowest BCUT2D eigenvalue weighted by Gasteiger charge is -2.04.